The third kappa shape index (κ3) is 5.64. The number of fused-ring (bicyclic) bond motifs is 1. The number of carbonyl (C=O) groups is 3. The molecule has 2 aromatic rings. The minimum atomic E-state index is -0.559. The molecule has 38 heavy (non-hydrogen) atoms. The molecule has 1 saturated carbocycles. The van der Waals surface area contributed by atoms with Gasteiger partial charge in [0.05, 0.1) is 17.6 Å². The molecule has 0 unspecified atom stereocenters. The number of carbonyl (C=O) groups excluding carboxylic acids is 3. The molecular formula is C27H37N7O3S. The number of piperazine rings is 1. The molecule has 3 fully saturated rings. The number of amides is 2. The summed E-state index contributed by atoms with van der Waals surface area (Å²) in [5.41, 5.74) is 0.731. The van der Waals surface area contributed by atoms with Gasteiger partial charge in [-0.15, -0.1) is 11.3 Å². The summed E-state index contributed by atoms with van der Waals surface area (Å²) in [5.74, 6) is -0.281. The number of thiazole rings is 1. The first-order valence-electron chi connectivity index (χ1n) is 13.7. The quantitative estimate of drug-likeness (QED) is 0.490. The van der Waals surface area contributed by atoms with Crippen molar-refractivity contribution < 1.29 is 14.4 Å². The lowest BCUT2D eigenvalue weighted by molar-refractivity contribution is -0.144. The van der Waals surface area contributed by atoms with Crippen molar-refractivity contribution >= 4 is 28.9 Å². The van der Waals surface area contributed by atoms with Gasteiger partial charge in [-0.2, -0.15) is 0 Å². The number of aromatic nitrogens is 3. The van der Waals surface area contributed by atoms with Crippen molar-refractivity contribution in [2.45, 2.75) is 76.0 Å². The van der Waals surface area contributed by atoms with Gasteiger partial charge in [-0.1, -0.05) is 19.3 Å². The Kier molecular flexibility index (Phi) is 8.45. The van der Waals surface area contributed by atoms with Crippen LogP contribution in [0.15, 0.2) is 24.1 Å². The normalized spacial score (nSPS) is 24.0. The van der Waals surface area contributed by atoms with E-state index in [-0.39, 0.29) is 35.6 Å². The van der Waals surface area contributed by atoms with Crippen LogP contribution in [-0.4, -0.2) is 87.2 Å². The lowest BCUT2D eigenvalue weighted by atomic mass is 9.82. The number of hydrogen-bond donors (Lipinski definition) is 2. The molecule has 5 rings (SSSR count). The monoisotopic (exact) mass is 539 g/mol. The summed E-state index contributed by atoms with van der Waals surface area (Å²) in [6, 6.07) is -0.890. The molecule has 2 amide bonds. The van der Waals surface area contributed by atoms with Crippen LogP contribution in [0.4, 0.5) is 0 Å². The van der Waals surface area contributed by atoms with Crippen LogP contribution in [0.25, 0.3) is 0 Å². The van der Waals surface area contributed by atoms with E-state index in [0.717, 1.165) is 50.1 Å². The van der Waals surface area contributed by atoms with E-state index in [9.17, 15) is 14.4 Å². The fraction of sp³-hybridized carbons (Fsp3) is 0.630. The summed E-state index contributed by atoms with van der Waals surface area (Å²) < 4.78 is 0. The van der Waals surface area contributed by atoms with Crippen molar-refractivity contribution in [1.82, 2.24) is 35.4 Å². The highest BCUT2D eigenvalue weighted by Gasteiger charge is 2.44. The first kappa shape index (κ1) is 26.8. The van der Waals surface area contributed by atoms with Gasteiger partial charge in [-0.3, -0.25) is 19.3 Å². The number of hydrogen-bond acceptors (Lipinski definition) is 9. The van der Waals surface area contributed by atoms with E-state index in [2.05, 4.69) is 25.5 Å². The molecule has 2 aliphatic heterocycles. The van der Waals surface area contributed by atoms with Crippen LogP contribution in [0.3, 0.4) is 0 Å². The summed E-state index contributed by atoms with van der Waals surface area (Å²) in [7, 11) is 1.75. The van der Waals surface area contributed by atoms with E-state index in [1.807, 2.05) is 11.8 Å². The Bertz CT molecular complexity index is 1140. The van der Waals surface area contributed by atoms with Gasteiger partial charge >= 0.3 is 0 Å². The lowest BCUT2D eigenvalue weighted by Crippen LogP contribution is -2.60. The summed E-state index contributed by atoms with van der Waals surface area (Å²) in [4.78, 5) is 57.3. The van der Waals surface area contributed by atoms with Crippen LogP contribution in [0.5, 0.6) is 0 Å². The van der Waals surface area contributed by atoms with E-state index >= 15 is 0 Å². The Morgan fingerprint density at radius 2 is 1.82 bits per heavy atom. The van der Waals surface area contributed by atoms with Crippen LogP contribution >= 0.6 is 11.3 Å². The minimum Gasteiger partial charge on any atom is -0.343 e. The number of rotatable bonds is 8. The van der Waals surface area contributed by atoms with Crippen molar-refractivity contribution in [1.29, 1.82) is 0 Å². The molecule has 0 radical (unpaired) electrons. The van der Waals surface area contributed by atoms with Crippen molar-refractivity contribution in [3.8, 4) is 0 Å². The van der Waals surface area contributed by atoms with Gasteiger partial charge in [0.1, 0.15) is 23.1 Å². The summed E-state index contributed by atoms with van der Waals surface area (Å²) in [6.07, 6.45) is 11.7. The maximum Gasteiger partial charge on any atom is 0.246 e. The van der Waals surface area contributed by atoms with Gasteiger partial charge in [0, 0.05) is 36.9 Å². The fourth-order valence-corrected chi connectivity index (χ4v) is 6.92. The molecule has 4 heterocycles. The minimum absolute atomic E-state index is 0.0235. The summed E-state index contributed by atoms with van der Waals surface area (Å²) >= 11 is 1.41. The number of nitrogens with one attached hydrogen (secondary N) is 2. The summed E-state index contributed by atoms with van der Waals surface area (Å²) in [5, 5.41) is 8.62. The van der Waals surface area contributed by atoms with Crippen LogP contribution in [0.1, 0.15) is 79.0 Å². The molecule has 10 nitrogen and oxygen atoms in total. The van der Waals surface area contributed by atoms with Gasteiger partial charge in [0.25, 0.3) is 0 Å². The van der Waals surface area contributed by atoms with Gasteiger partial charge in [0.2, 0.25) is 17.6 Å². The predicted molar refractivity (Wildman–Crippen MR) is 144 cm³/mol. The van der Waals surface area contributed by atoms with Crippen LogP contribution < -0.4 is 10.6 Å². The van der Waals surface area contributed by atoms with Crippen LogP contribution in [0, 0.1) is 5.92 Å². The lowest BCUT2D eigenvalue weighted by Gasteiger charge is -2.45. The summed E-state index contributed by atoms with van der Waals surface area (Å²) in [6.45, 7) is 4.11. The number of nitrogens with zero attached hydrogens (tertiary/aromatic N) is 5. The first-order valence-corrected chi connectivity index (χ1v) is 14.6. The van der Waals surface area contributed by atoms with Crippen LogP contribution in [-0.2, 0) is 9.59 Å². The Hall–Kier alpha value is -2.76. The fourth-order valence-electron chi connectivity index (χ4n) is 6.02. The highest BCUT2D eigenvalue weighted by Crippen LogP contribution is 2.36. The zero-order valence-electron chi connectivity index (χ0n) is 22.1. The molecule has 3 aliphatic rings. The largest absolute Gasteiger partial charge is 0.343 e. The van der Waals surface area contributed by atoms with Crippen molar-refractivity contribution in [3.63, 3.8) is 0 Å². The maximum absolute atomic E-state index is 14.3. The average Bonchev–Trinajstić information content (AvgIpc) is 3.64. The second-order valence-corrected chi connectivity index (χ2v) is 11.6. The first-order chi connectivity index (χ1) is 18.5. The topological polar surface area (TPSA) is 120 Å². The number of likely N-dealkylation sites (N-methyl/N-ethyl adjacent to an activating group) is 1. The zero-order chi connectivity index (χ0) is 26.6. The molecule has 0 aromatic carbocycles. The van der Waals surface area contributed by atoms with E-state index in [1.165, 1.54) is 36.5 Å². The molecule has 1 aliphatic carbocycles. The molecule has 4 atom stereocenters. The molecule has 204 valence electrons. The molecule has 2 N–H and O–H groups in total. The van der Waals surface area contributed by atoms with Gasteiger partial charge in [0.15, 0.2) is 0 Å². The standard InChI is InChI=1S/C27H37N7O3S/c1-17(28-2)25(36)32-23(18-7-4-3-5-8-18)27(37)34-13-20-9-6-10-33(20)14-22(34)26-31-21(15-38-26)24(35)19-11-29-16-30-12-19/h11-12,15-18,20,22-23,28H,3-10,13-14H2,1-2H3,(H,32,36)/t17-,20+,22-,23-/m0/s1. The molecule has 2 saturated heterocycles. The highest BCUT2D eigenvalue weighted by atomic mass is 32.1. The molecular weight excluding hydrogens is 502 g/mol. The Morgan fingerprint density at radius 3 is 2.55 bits per heavy atom. The van der Waals surface area contributed by atoms with E-state index < -0.39 is 6.04 Å². The van der Waals surface area contributed by atoms with Crippen molar-refractivity contribution in [2.24, 2.45) is 5.92 Å². The molecule has 2 aromatic heterocycles. The van der Waals surface area contributed by atoms with Gasteiger partial charge in [-0.25, -0.2) is 15.0 Å². The molecule has 0 spiro atoms. The smallest absolute Gasteiger partial charge is 0.246 e. The van der Waals surface area contributed by atoms with Gasteiger partial charge < -0.3 is 15.5 Å². The Morgan fingerprint density at radius 1 is 1.05 bits per heavy atom. The van der Waals surface area contributed by atoms with Crippen molar-refractivity contribution in [2.75, 3.05) is 26.7 Å². The third-order valence-electron chi connectivity index (χ3n) is 8.35. The maximum atomic E-state index is 14.3. The van der Waals surface area contributed by atoms with Gasteiger partial charge in [-0.05, 0) is 52.1 Å². The Balaban J connectivity index is 1.43. The molecule has 11 heteroatoms. The van der Waals surface area contributed by atoms with E-state index in [4.69, 9.17) is 4.98 Å². The SMILES string of the molecule is CN[C@@H](C)C(=O)N[C@H](C(=O)N1C[C@H]2CCCN2C[C@H]1c1nc(C(=O)c2cncnc2)cs1)C1CCCCC1. The van der Waals surface area contributed by atoms with Crippen molar-refractivity contribution in [3.05, 3.63) is 40.4 Å². The Labute approximate surface area is 227 Å². The predicted octanol–water partition coefficient (Wildman–Crippen LogP) is 2.18. The average molecular weight is 540 g/mol. The number of ketones is 1. The van der Waals surface area contributed by atoms with E-state index in [1.54, 1.807) is 12.4 Å². The zero-order valence-corrected chi connectivity index (χ0v) is 23.0. The van der Waals surface area contributed by atoms with E-state index in [0.29, 0.717) is 30.4 Å². The van der Waals surface area contributed by atoms with Crippen LogP contribution in [0.2, 0.25) is 0 Å². The third-order valence-corrected chi connectivity index (χ3v) is 9.29. The molecule has 0 bridgehead atoms. The second kappa shape index (κ2) is 12.0. The highest BCUT2D eigenvalue weighted by molar-refractivity contribution is 7.10. The second-order valence-electron chi connectivity index (χ2n) is 10.7.